The second kappa shape index (κ2) is 7.59. The molecule has 5 aromatic rings. The summed E-state index contributed by atoms with van der Waals surface area (Å²) in [7, 11) is 2.05. The number of aromatic nitrogens is 1. The van der Waals surface area contributed by atoms with Crippen molar-refractivity contribution in [3.05, 3.63) is 89.4 Å². The van der Waals surface area contributed by atoms with Gasteiger partial charge in [0.05, 0.1) is 11.1 Å². The number of furan rings is 1. The van der Waals surface area contributed by atoms with Crippen molar-refractivity contribution in [3.63, 3.8) is 0 Å². The molecule has 0 amide bonds. The van der Waals surface area contributed by atoms with Crippen LogP contribution in [0.2, 0.25) is 0 Å². The molecule has 0 saturated carbocycles. The summed E-state index contributed by atoms with van der Waals surface area (Å²) in [4.78, 5) is 0. The summed E-state index contributed by atoms with van der Waals surface area (Å²) in [5.41, 5.74) is 8.37. The van der Waals surface area contributed by atoms with Gasteiger partial charge in [-0.1, -0.05) is 50.2 Å². The highest BCUT2D eigenvalue weighted by atomic mass is 19.1. The lowest BCUT2D eigenvalue weighted by molar-refractivity contribution is -0.660. The van der Waals surface area contributed by atoms with Crippen LogP contribution in [-0.4, -0.2) is 0 Å². The Kier molecular flexibility index (Phi) is 4.85. The molecule has 2 nitrogen and oxygen atoms in total. The number of nitrogens with zero attached hydrogens (tertiary/aromatic N) is 1. The zero-order chi connectivity index (χ0) is 22.6. The van der Waals surface area contributed by atoms with Crippen LogP contribution >= 0.6 is 0 Å². The van der Waals surface area contributed by atoms with E-state index in [1.165, 1.54) is 5.56 Å². The van der Waals surface area contributed by atoms with Gasteiger partial charge in [0, 0.05) is 22.9 Å². The first-order valence-electron chi connectivity index (χ1n) is 11.1. The van der Waals surface area contributed by atoms with Crippen LogP contribution in [0.4, 0.5) is 4.39 Å². The Balaban J connectivity index is 1.89. The van der Waals surface area contributed by atoms with Gasteiger partial charge in [-0.3, -0.25) is 0 Å². The summed E-state index contributed by atoms with van der Waals surface area (Å²) in [6, 6.07) is 19.9. The van der Waals surface area contributed by atoms with Crippen molar-refractivity contribution in [3.8, 4) is 22.4 Å². The first-order valence-corrected chi connectivity index (χ1v) is 11.1. The molecule has 3 heteroatoms. The van der Waals surface area contributed by atoms with Crippen molar-refractivity contribution in [2.45, 2.75) is 33.6 Å². The van der Waals surface area contributed by atoms with Crippen molar-refractivity contribution in [1.82, 2.24) is 0 Å². The predicted octanol–water partition coefficient (Wildman–Crippen LogP) is 7.62. The molecule has 0 bridgehead atoms. The Morgan fingerprint density at radius 2 is 1.50 bits per heavy atom. The summed E-state index contributed by atoms with van der Waals surface area (Å²) >= 11 is 0. The van der Waals surface area contributed by atoms with E-state index in [1.54, 1.807) is 6.07 Å². The molecule has 0 atom stereocenters. The van der Waals surface area contributed by atoms with Crippen LogP contribution in [0.1, 0.15) is 36.5 Å². The third-order valence-electron chi connectivity index (χ3n) is 6.48. The average Bonchev–Trinajstić information content (AvgIpc) is 3.13. The number of fused-ring (bicyclic) bond motifs is 3. The van der Waals surface area contributed by atoms with E-state index in [0.29, 0.717) is 17.1 Å². The molecule has 0 radical (unpaired) electrons. The quantitative estimate of drug-likeness (QED) is 0.272. The van der Waals surface area contributed by atoms with Gasteiger partial charge in [-0.05, 0) is 54.2 Å². The van der Waals surface area contributed by atoms with Gasteiger partial charge in [-0.15, -0.1) is 0 Å². The number of halogens is 1. The van der Waals surface area contributed by atoms with Crippen LogP contribution in [-0.2, 0) is 7.05 Å². The fourth-order valence-corrected chi connectivity index (χ4v) is 4.59. The molecule has 5 rings (SSSR count). The molecule has 0 aliphatic carbocycles. The smallest absolute Gasteiger partial charge is 0.216 e. The van der Waals surface area contributed by atoms with E-state index in [9.17, 15) is 0 Å². The molecule has 0 unspecified atom stereocenters. The molecule has 0 N–H and O–H groups in total. The third-order valence-corrected chi connectivity index (χ3v) is 6.48. The standard InChI is InChI=1S/C29H27FNO/c1-17(2)20-14-15-31(5)25(16-20)26-19(4)10-11-22-23-12-13-24(30)27(29(23)32-28(22)26)21-9-7-6-8-18(21)3/h6-17H,1-5H3/q+1. The molecule has 0 aliphatic rings. The fraction of sp³-hybridized carbons (Fsp3) is 0.207. The molecular formula is C29H27FNO+. The summed E-state index contributed by atoms with van der Waals surface area (Å²) in [6.45, 7) is 8.51. The normalized spacial score (nSPS) is 11.7. The highest BCUT2D eigenvalue weighted by Crippen LogP contribution is 2.42. The Hall–Kier alpha value is -3.46. The van der Waals surface area contributed by atoms with E-state index in [0.717, 1.165) is 44.3 Å². The van der Waals surface area contributed by atoms with Gasteiger partial charge in [0.15, 0.2) is 6.20 Å². The zero-order valence-corrected chi connectivity index (χ0v) is 19.2. The highest BCUT2D eigenvalue weighted by molar-refractivity contribution is 6.13. The molecular weight excluding hydrogens is 397 g/mol. The van der Waals surface area contributed by atoms with E-state index in [-0.39, 0.29) is 5.82 Å². The second-order valence-corrected chi connectivity index (χ2v) is 8.96. The number of hydrogen-bond acceptors (Lipinski definition) is 1. The van der Waals surface area contributed by atoms with Crippen molar-refractivity contribution >= 4 is 21.9 Å². The molecule has 0 saturated heterocycles. The number of aryl methyl sites for hydroxylation is 3. The molecule has 3 aromatic carbocycles. The molecule has 32 heavy (non-hydrogen) atoms. The molecule has 2 heterocycles. The topological polar surface area (TPSA) is 17.0 Å². The monoisotopic (exact) mass is 424 g/mol. The number of benzene rings is 3. The minimum atomic E-state index is -0.267. The lowest BCUT2D eigenvalue weighted by Gasteiger charge is -2.09. The second-order valence-electron chi connectivity index (χ2n) is 8.96. The molecule has 0 fully saturated rings. The van der Waals surface area contributed by atoms with Crippen LogP contribution in [0, 0.1) is 19.7 Å². The minimum absolute atomic E-state index is 0.267. The number of rotatable bonds is 3. The fourth-order valence-electron chi connectivity index (χ4n) is 4.59. The molecule has 160 valence electrons. The van der Waals surface area contributed by atoms with Crippen LogP contribution < -0.4 is 4.57 Å². The lowest BCUT2D eigenvalue weighted by atomic mass is 9.96. The maximum absolute atomic E-state index is 15.2. The van der Waals surface area contributed by atoms with E-state index < -0.39 is 0 Å². The molecule has 0 spiro atoms. The van der Waals surface area contributed by atoms with Gasteiger partial charge in [0.1, 0.15) is 24.0 Å². The summed E-state index contributed by atoms with van der Waals surface area (Å²) in [5.74, 6) is 0.156. The van der Waals surface area contributed by atoms with E-state index in [1.807, 2.05) is 37.3 Å². The third kappa shape index (κ3) is 3.12. The van der Waals surface area contributed by atoms with Gasteiger partial charge >= 0.3 is 0 Å². The largest absolute Gasteiger partial charge is 0.454 e. The number of hydrogen-bond donors (Lipinski definition) is 0. The van der Waals surface area contributed by atoms with Crippen LogP contribution in [0.25, 0.3) is 44.3 Å². The van der Waals surface area contributed by atoms with E-state index >= 15 is 4.39 Å². The first kappa shape index (κ1) is 20.4. The van der Waals surface area contributed by atoms with E-state index in [4.69, 9.17) is 4.42 Å². The van der Waals surface area contributed by atoms with Gasteiger partial charge in [0.2, 0.25) is 5.69 Å². The molecule has 0 aliphatic heterocycles. The highest BCUT2D eigenvalue weighted by Gasteiger charge is 2.24. The van der Waals surface area contributed by atoms with Gasteiger partial charge in [-0.25, -0.2) is 8.96 Å². The van der Waals surface area contributed by atoms with Gasteiger partial charge in [0.25, 0.3) is 0 Å². The maximum Gasteiger partial charge on any atom is 0.216 e. The summed E-state index contributed by atoms with van der Waals surface area (Å²) in [6.07, 6.45) is 2.10. The Bertz CT molecular complexity index is 1490. The summed E-state index contributed by atoms with van der Waals surface area (Å²) in [5, 5.41) is 1.94. The van der Waals surface area contributed by atoms with Crippen LogP contribution in [0.3, 0.4) is 0 Å². The van der Waals surface area contributed by atoms with Crippen molar-refractivity contribution < 1.29 is 13.4 Å². The SMILES string of the molecule is Cc1ccccc1-c1c(F)ccc2c1oc1c(-c3cc(C(C)C)cc[n+]3C)c(C)ccc12. The Labute approximate surface area is 187 Å². The Morgan fingerprint density at radius 3 is 2.22 bits per heavy atom. The lowest BCUT2D eigenvalue weighted by Crippen LogP contribution is -2.31. The van der Waals surface area contributed by atoms with Crippen molar-refractivity contribution in [2.24, 2.45) is 7.05 Å². The van der Waals surface area contributed by atoms with Crippen molar-refractivity contribution in [1.29, 1.82) is 0 Å². The van der Waals surface area contributed by atoms with Crippen LogP contribution in [0.5, 0.6) is 0 Å². The van der Waals surface area contributed by atoms with Crippen LogP contribution in [0.15, 0.2) is 71.3 Å². The predicted molar refractivity (Wildman–Crippen MR) is 129 cm³/mol. The van der Waals surface area contributed by atoms with E-state index in [2.05, 4.69) is 62.8 Å². The zero-order valence-electron chi connectivity index (χ0n) is 19.2. The Morgan fingerprint density at radius 1 is 0.812 bits per heavy atom. The summed E-state index contributed by atoms with van der Waals surface area (Å²) < 4.78 is 23.8. The maximum atomic E-state index is 15.2. The average molecular weight is 425 g/mol. The van der Waals surface area contributed by atoms with Crippen molar-refractivity contribution in [2.75, 3.05) is 0 Å². The number of pyridine rings is 1. The van der Waals surface area contributed by atoms with Gasteiger partial charge in [-0.2, -0.15) is 0 Å². The van der Waals surface area contributed by atoms with Gasteiger partial charge < -0.3 is 4.42 Å². The minimum Gasteiger partial charge on any atom is -0.454 e. The molecule has 2 aromatic heterocycles. The first-order chi connectivity index (χ1) is 15.4.